The van der Waals surface area contributed by atoms with Gasteiger partial charge in [-0.15, -0.1) is 0 Å². The molecule has 0 fully saturated rings. The number of nitrogens with zero attached hydrogens (tertiary/aromatic N) is 2. The van der Waals surface area contributed by atoms with Gasteiger partial charge in [-0.2, -0.15) is 0 Å². The van der Waals surface area contributed by atoms with E-state index >= 15 is 0 Å². The lowest BCUT2D eigenvalue weighted by Crippen LogP contribution is -2.09. The molecule has 1 aromatic carbocycles. The van der Waals surface area contributed by atoms with Crippen molar-refractivity contribution in [3.63, 3.8) is 0 Å². The molecule has 0 aliphatic carbocycles. The molecule has 0 unspecified atom stereocenters. The van der Waals surface area contributed by atoms with Gasteiger partial charge in [0.2, 0.25) is 0 Å². The summed E-state index contributed by atoms with van der Waals surface area (Å²) in [5.41, 5.74) is 7.72. The molecule has 2 N–H and O–H groups in total. The second-order valence-electron chi connectivity index (χ2n) is 4.25. The Balaban J connectivity index is 2.55. The van der Waals surface area contributed by atoms with E-state index < -0.39 is 11.6 Å². The standard InChI is InChI=1S/C13H12BrF2N3/c1-6(17)9-5-18-13(19-7(9)2)8-3-4-10(15)12(16)11(8)14/h3-6H,17H2,1-2H3/t6-/m0/s1. The third-order valence-electron chi connectivity index (χ3n) is 2.78. The van der Waals surface area contributed by atoms with E-state index in [0.717, 1.165) is 17.3 Å². The molecule has 0 spiro atoms. The molecule has 3 nitrogen and oxygen atoms in total. The third kappa shape index (κ3) is 2.64. The number of aryl methyl sites for hydroxylation is 1. The SMILES string of the molecule is Cc1nc(-c2ccc(F)c(F)c2Br)ncc1[C@H](C)N. The van der Waals surface area contributed by atoms with Crippen molar-refractivity contribution in [2.45, 2.75) is 19.9 Å². The predicted molar refractivity (Wildman–Crippen MR) is 72.4 cm³/mol. The molecular weight excluding hydrogens is 316 g/mol. The van der Waals surface area contributed by atoms with Crippen molar-refractivity contribution >= 4 is 15.9 Å². The Bertz CT molecular complexity index is 630. The van der Waals surface area contributed by atoms with Gasteiger partial charge in [0.05, 0.1) is 4.47 Å². The van der Waals surface area contributed by atoms with E-state index in [9.17, 15) is 8.78 Å². The van der Waals surface area contributed by atoms with Crippen LogP contribution in [0.3, 0.4) is 0 Å². The average Bonchev–Trinajstić information content (AvgIpc) is 2.35. The van der Waals surface area contributed by atoms with E-state index in [1.54, 1.807) is 13.1 Å². The summed E-state index contributed by atoms with van der Waals surface area (Å²) in [6, 6.07) is 2.30. The smallest absolute Gasteiger partial charge is 0.173 e. The number of hydrogen-bond acceptors (Lipinski definition) is 3. The Morgan fingerprint density at radius 1 is 1.32 bits per heavy atom. The lowest BCUT2D eigenvalue weighted by Gasteiger charge is -2.11. The summed E-state index contributed by atoms with van der Waals surface area (Å²) in [6.07, 6.45) is 1.61. The third-order valence-corrected chi connectivity index (χ3v) is 3.56. The molecule has 0 bridgehead atoms. The lowest BCUT2D eigenvalue weighted by atomic mass is 10.1. The normalized spacial score (nSPS) is 12.5. The predicted octanol–water partition coefficient (Wildman–Crippen LogP) is 3.51. The Kier molecular flexibility index (Phi) is 3.91. The van der Waals surface area contributed by atoms with Gasteiger partial charge in [0.25, 0.3) is 0 Å². The van der Waals surface area contributed by atoms with Gasteiger partial charge in [0, 0.05) is 29.1 Å². The molecule has 0 amide bonds. The van der Waals surface area contributed by atoms with E-state index in [0.29, 0.717) is 11.4 Å². The largest absolute Gasteiger partial charge is 0.324 e. The summed E-state index contributed by atoms with van der Waals surface area (Å²) in [6.45, 7) is 3.64. The first-order valence-corrected chi connectivity index (χ1v) is 6.44. The van der Waals surface area contributed by atoms with Gasteiger partial charge in [0.15, 0.2) is 17.5 Å². The van der Waals surface area contributed by atoms with Crippen molar-refractivity contribution < 1.29 is 8.78 Å². The Labute approximate surface area is 118 Å². The lowest BCUT2D eigenvalue weighted by molar-refractivity contribution is 0.504. The molecule has 2 rings (SSSR count). The van der Waals surface area contributed by atoms with Gasteiger partial charge in [0.1, 0.15) is 0 Å². The van der Waals surface area contributed by atoms with E-state index in [1.807, 2.05) is 6.92 Å². The summed E-state index contributed by atoms with van der Waals surface area (Å²) in [4.78, 5) is 8.44. The van der Waals surface area contributed by atoms with E-state index in [-0.39, 0.29) is 10.5 Å². The summed E-state index contributed by atoms with van der Waals surface area (Å²) in [5.74, 6) is -1.54. The van der Waals surface area contributed by atoms with E-state index in [4.69, 9.17) is 5.73 Å². The highest BCUT2D eigenvalue weighted by Gasteiger charge is 2.15. The molecule has 1 atom stereocenters. The average molecular weight is 328 g/mol. The van der Waals surface area contributed by atoms with Crippen LogP contribution in [0.2, 0.25) is 0 Å². The van der Waals surface area contributed by atoms with Gasteiger partial charge in [-0.05, 0) is 41.9 Å². The molecule has 100 valence electrons. The monoisotopic (exact) mass is 327 g/mol. The van der Waals surface area contributed by atoms with Crippen LogP contribution in [-0.2, 0) is 0 Å². The van der Waals surface area contributed by atoms with Crippen LogP contribution in [0, 0.1) is 18.6 Å². The molecule has 0 saturated carbocycles. The number of aromatic nitrogens is 2. The van der Waals surface area contributed by atoms with E-state index in [2.05, 4.69) is 25.9 Å². The molecule has 2 aromatic rings. The van der Waals surface area contributed by atoms with Crippen LogP contribution >= 0.6 is 15.9 Å². The fourth-order valence-corrected chi connectivity index (χ4v) is 2.25. The van der Waals surface area contributed by atoms with Crippen LogP contribution < -0.4 is 5.73 Å². The number of halogens is 3. The molecule has 19 heavy (non-hydrogen) atoms. The van der Waals surface area contributed by atoms with Gasteiger partial charge >= 0.3 is 0 Å². The first kappa shape index (κ1) is 14.0. The summed E-state index contributed by atoms with van der Waals surface area (Å²) in [5, 5.41) is 0. The summed E-state index contributed by atoms with van der Waals surface area (Å²) < 4.78 is 26.6. The zero-order valence-electron chi connectivity index (χ0n) is 10.4. The quantitative estimate of drug-likeness (QED) is 0.859. The molecule has 0 aliphatic heterocycles. The van der Waals surface area contributed by atoms with Crippen LogP contribution in [-0.4, -0.2) is 9.97 Å². The molecular formula is C13H12BrF2N3. The van der Waals surface area contributed by atoms with E-state index in [1.165, 1.54) is 6.07 Å². The molecule has 0 aliphatic rings. The molecule has 6 heteroatoms. The minimum Gasteiger partial charge on any atom is -0.324 e. The summed E-state index contributed by atoms with van der Waals surface area (Å²) >= 11 is 3.02. The van der Waals surface area contributed by atoms with Crippen molar-refractivity contribution in [2.24, 2.45) is 5.73 Å². The van der Waals surface area contributed by atoms with Gasteiger partial charge < -0.3 is 5.73 Å². The Hall–Kier alpha value is -1.40. The molecule has 0 saturated heterocycles. The first-order valence-electron chi connectivity index (χ1n) is 5.64. The number of rotatable bonds is 2. The highest BCUT2D eigenvalue weighted by atomic mass is 79.9. The Morgan fingerprint density at radius 3 is 2.58 bits per heavy atom. The van der Waals surface area contributed by atoms with Gasteiger partial charge in [-0.3, -0.25) is 0 Å². The van der Waals surface area contributed by atoms with Crippen LogP contribution in [0.5, 0.6) is 0 Å². The first-order chi connectivity index (χ1) is 8.91. The van der Waals surface area contributed by atoms with Crippen LogP contribution in [0.25, 0.3) is 11.4 Å². The minimum absolute atomic E-state index is 0.0143. The Morgan fingerprint density at radius 2 is 2.00 bits per heavy atom. The van der Waals surface area contributed by atoms with Crippen molar-refractivity contribution in [3.8, 4) is 11.4 Å². The highest BCUT2D eigenvalue weighted by Crippen LogP contribution is 2.30. The zero-order valence-corrected chi connectivity index (χ0v) is 12.0. The second kappa shape index (κ2) is 5.30. The maximum Gasteiger partial charge on any atom is 0.173 e. The van der Waals surface area contributed by atoms with Gasteiger partial charge in [-0.25, -0.2) is 18.7 Å². The van der Waals surface area contributed by atoms with Crippen LogP contribution in [0.15, 0.2) is 22.8 Å². The van der Waals surface area contributed by atoms with Crippen LogP contribution in [0.1, 0.15) is 24.2 Å². The minimum atomic E-state index is -0.949. The summed E-state index contributed by atoms with van der Waals surface area (Å²) in [7, 11) is 0. The maximum atomic E-state index is 13.5. The molecule has 0 radical (unpaired) electrons. The van der Waals surface area contributed by atoms with Crippen LogP contribution in [0.4, 0.5) is 8.78 Å². The fourth-order valence-electron chi connectivity index (χ4n) is 1.75. The number of benzene rings is 1. The zero-order chi connectivity index (χ0) is 14.2. The molecule has 1 heterocycles. The second-order valence-corrected chi connectivity index (χ2v) is 5.04. The van der Waals surface area contributed by atoms with Crippen molar-refractivity contribution in [3.05, 3.63) is 45.7 Å². The number of nitrogens with two attached hydrogens (primary N) is 1. The fraction of sp³-hybridized carbons (Fsp3) is 0.231. The highest BCUT2D eigenvalue weighted by molar-refractivity contribution is 9.10. The van der Waals surface area contributed by atoms with Crippen molar-refractivity contribution in [2.75, 3.05) is 0 Å². The number of hydrogen-bond donors (Lipinski definition) is 1. The van der Waals surface area contributed by atoms with Gasteiger partial charge in [-0.1, -0.05) is 0 Å². The van der Waals surface area contributed by atoms with Crippen molar-refractivity contribution in [1.82, 2.24) is 9.97 Å². The maximum absolute atomic E-state index is 13.5. The molecule has 1 aromatic heterocycles. The van der Waals surface area contributed by atoms with Crippen molar-refractivity contribution in [1.29, 1.82) is 0 Å². The topological polar surface area (TPSA) is 51.8 Å².